The van der Waals surface area contributed by atoms with Gasteiger partial charge in [-0.2, -0.15) is 10.5 Å². The number of hydrogen-bond donors (Lipinski definition) is 1. The number of methoxy groups -OCH3 is 2. The third kappa shape index (κ3) is 3.88. The quantitative estimate of drug-likeness (QED) is 0.710. The summed E-state index contributed by atoms with van der Waals surface area (Å²) in [5.41, 5.74) is 6.18. The highest BCUT2D eigenvalue weighted by molar-refractivity contribution is 6.06. The van der Waals surface area contributed by atoms with Crippen molar-refractivity contribution in [1.82, 2.24) is 0 Å². The second-order valence-electron chi connectivity index (χ2n) is 7.07. The van der Waals surface area contributed by atoms with Crippen LogP contribution in [0.1, 0.15) is 22.6 Å². The molecule has 0 bridgehead atoms. The van der Waals surface area contributed by atoms with Crippen LogP contribution >= 0.6 is 0 Å². The van der Waals surface area contributed by atoms with E-state index in [9.17, 15) is 24.5 Å². The van der Waals surface area contributed by atoms with Crippen LogP contribution in [0.15, 0.2) is 65.1 Å². The Morgan fingerprint density at radius 1 is 1.06 bits per heavy atom. The number of benzene rings is 2. The Morgan fingerprint density at radius 3 is 2.24 bits per heavy atom. The lowest BCUT2D eigenvalue weighted by atomic mass is 9.80. The number of allylic oxidation sites excluding steroid dienone is 1. The maximum absolute atomic E-state index is 14.5. The number of anilines is 1. The average molecular weight is 446 g/mol. The van der Waals surface area contributed by atoms with Crippen LogP contribution in [0, 0.1) is 35.4 Å². The minimum absolute atomic E-state index is 0.0297. The maximum Gasteiger partial charge on any atom is 0.355 e. The second kappa shape index (κ2) is 9.25. The summed E-state index contributed by atoms with van der Waals surface area (Å²) in [5.74, 6) is -3.89. The normalized spacial score (nSPS) is 15.6. The van der Waals surface area contributed by atoms with Gasteiger partial charge in [-0.1, -0.05) is 30.3 Å². The number of nitrogens with two attached hydrogens (primary N) is 1. The zero-order chi connectivity index (χ0) is 24.3. The van der Waals surface area contributed by atoms with E-state index in [2.05, 4.69) is 0 Å². The van der Waals surface area contributed by atoms with Crippen molar-refractivity contribution in [2.45, 2.75) is 12.8 Å². The largest absolute Gasteiger partial charge is 0.466 e. The number of nitriles is 2. The molecule has 166 valence electrons. The number of esters is 2. The Bertz CT molecular complexity index is 1290. The standard InChI is InChI=1S/C24H19FN4O4/c1-13-9-15(11-26)18(10-17(13)25)29-21(24(31)33-3)20(23(30)32-2)19(16(12-27)22(29)28)14-7-5-4-6-8-14/h4-10,19H,28H2,1-3H3. The Morgan fingerprint density at radius 2 is 1.70 bits per heavy atom. The lowest BCUT2D eigenvalue weighted by Crippen LogP contribution is -2.41. The van der Waals surface area contributed by atoms with Crippen molar-refractivity contribution in [3.8, 4) is 12.1 Å². The van der Waals surface area contributed by atoms with Gasteiger partial charge in [-0.3, -0.25) is 4.90 Å². The molecule has 33 heavy (non-hydrogen) atoms. The Kier molecular flexibility index (Phi) is 6.46. The SMILES string of the molecule is COC(=O)C1=C(C(=O)OC)N(c2cc(F)c(C)cc2C#N)C(N)=C(C#N)C1c1ccccc1. The van der Waals surface area contributed by atoms with Crippen LogP contribution in [0.25, 0.3) is 0 Å². The van der Waals surface area contributed by atoms with Gasteiger partial charge in [0.25, 0.3) is 0 Å². The van der Waals surface area contributed by atoms with Gasteiger partial charge in [0.2, 0.25) is 0 Å². The molecule has 1 unspecified atom stereocenters. The lowest BCUT2D eigenvalue weighted by molar-refractivity contribution is -0.139. The summed E-state index contributed by atoms with van der Waals surface area (Å²) >= 11 is 0. The topological polar surface area (TPSA) is 129 Å². The summed E-state index contributed by atoms with van der Waals surface area (Å²) in [6.07, 6.45) is 0. The first-order chi connectivity index (χ1) is 15.8. The summed E-state index contributed by atoms with van der Waals surface area (Å²) in [4.78, 5) is 27.0. The zero-order valence-corrected chi connectivity index (χ0v) is 18.0. The van der Waals surface area contributed by atoms with Crippen molar-refractivity contribution in [3.05, 3.63) is 87.6 Å². The van der Waals surface area contributed by atoms with Crippen molar-refractivity contribution in [2.24, 2.45) is 5.73 Å². The van der Waals surface area contributed by atoms with E-state index in [1.807, 2.05) is 12.1 Å². The van der Waals surface area contributed by atoms with E-state index < -0.39 is 23.7 Å². The number of halogens is 1. The first-order valence-electron chi connectivity index (χ1n) is 9.66. The van der Waals surface area contributed by atoms with Crippen LogP contribution in [0.4, 0.5) is 10.1 Å². The van der Waals surface area contributed by atoms with E-state index >= 15 is 0 Å². The molecule has 0 saturated carbocycles. The summed E-state index contributed by atoms with van der Waals surface area (Å²) < 4.78 is 24.4. The first-order valence-corrected chi connectivity index (χ1v) is 9.66. The average Bonchev–Trinajstić information content (AvgIpc) is 2.84. The first kappa shape index (κ1) is 23.0. The van der Waals surface area contributed by atoms with Crippen molar-refractivity contribution >= 4 is 17.6 Å². The smallest absolute Gasteiger partial charge is 0.355 e. The summed E-state index contributed by atoms with van der Waals surface area (Å²) in [7, 11) is 2.22. The minimum Gasteiger partial charge on any atom is -0.466 e. The molecule has 0 amide bonds. The molecule has 8 nitrogen and oxygen atoms in total. The van der Waals surface area contributed by atoms with Gasteiger partial charge in [0.05, 0.1) is 48.6 Å². The Balaban J connectivity index is 2.49. The predicted molar refractivity (Wildman–Crippen MR) is 115 cm³/mol. The highest BCUT2D eigenvalue weighted by atomic mass is 19.1. The number of aryl methyl sites for hydroxylation is 1. The Hall–Kier alpha value is -4.63. The molecular weight excluding hydrogens is 427 g/mol. The molecule has 3 rings (SSSR count). The monoisotopic (exact) mass is 446 g/mol. The number of rotatable bonds is 4. The van der Waals surface area contributed by atoms with Crippen LogP contribution in [-0.4, -0.2) is 26.2 Å². The number of nitrogens with zero attached hydrogens (tertiary/aromatic N) is 3. The van der Waals surface area contributed by atoms with Gasteiger partial charge in [0.1, 0.15) is 23.4 Å². The number of carbonyl (C=O) groups is 2. The van der Waals surface area contributed by atoms with E-state index in [1.54, 1.807) is 30.3 Å². The van der Waals surface area contributed by atoms with Crippen molar-refractivity contribution in [2.75, 3.05) is 19.1 Å². The van der Waals surface area contributed by atoms with Crippen LogP contribution in [-0.2, 0) is 19.1 Å². The van der Waals surface area contributed by atoms with Crippen LogP contribution < -0.4 is 10.6 Å². The molecule has 0 radical (unpaired) electrons. The van der Waals surface area contributed by atoms with Crippen molar-refractivity contribution < 1.29 is 23.5 Å². The molecule has 0 aliphatic carbocycles. The van der Waals surface area contributed by atoms with E-state index in [0.717, 1.165) is 25.2 Å². The summed E-state index contributed by atoms with van der Waals surface area (Å²) in [6.45, 7) is 1.47. The molecule has 1 aliphatic heterocycles. The summed E-state index contributed by atoms with van der Waals surface area (Å²) in [6, 6.07) is 14.7. The van der Waals surface area contributed by atoms with Crippen molar-refractivity contribution in [3.63, 3.8) is 0 Å². The van der Waals surface area contributed by atoms with Crippen LogP contribution in [0.2, 0.25) is 0 Å². The van der Waals surface area contributed by atoms with E-state index in [0.29, 0.717) is 5.56 Å². The van der Waals surface area contributed by atoms with Gasteiger partial charge in [0, 0.05) is 0 Å². The summed E-state index contributed by atoms with van der Waals surface area (Å²) in [5, 5.41) is 19.7. The minimum atomic E-state index is -1.06. The fourth-order valence-corrected chi connectivity index (χ4v) is 3.71. The molecule has 2 aromatic carbocycles. The number of ether oxygens (including phenoxy) is 2. The van der Waals surface area contributed by atoms with E-state index in [-0.39, 0.29) is 39.5 Å². The fraction of sp³-hybridized carbons (Fsp3) is 0.167. The molecule has 2 N–H and O–H groups in total. The molecule has 9 heteroatoms. The van der Waals surface area contributed by atoms with Gasteiger partial charge in [-0.15, -0.1) is 0 Å². The molecule has 0 aromatic heterocycles. The van der Waals surface area contributed by atoms with Gasteiger partial charge < -0.3 is 15.2 Å². The van der Waals surface area contributed by atoms with Gasteiger partial charge in [0.15, 0.2) is 0 Å². The van der Waals surface area contributed by atoms with Gasteiger partial charge >= 0.3 is 11.9 Å². The Labute approximate surface area is 189 Å². The molecule has 1 heterocycles. The molecule has 2 aromatic rings. The fourth-order valence-electron chi connectivity index (χ4n) is 3.71. The molecule has 0 saturated heterocycles. The van der Waals surface area contributed by atoms with Gasteiger partial charge in [-0.05, 0) is 30.2 Å². The number of carbonyl (C=O) groups excluding carboxylic acids is 2. The highest BCUT2D eigenvalue weighted by Gasteiger charge is 2.43. The van der Waals surface area contributed by atoms with E-state index in [1.165, 1.54) is 13.0 Å². The van der Waals surface area contributed by atoms with Crippen LogP contribution in [0.5, 0.6) is 0 Å². The zero-order valence-electron chi connectivity index (χ0n) is 18.0. The maximum atomic E-state index is 14.5. The molecule has 0 spiro atoms. The second-order valence-corrected chi connectivity index (χ2v) is 7.07. The predicted octanol–water partition coefficient (Wildman–Crippen LogP) is 2.90. The van der Waals surface area contributed by atoms with Gasteiger partial charge in [-0.25, -0.2) is 14.0 Å². The molecular formula is C24H19FN4O4. The van der Waals surface area contributed by atoms with Crippen molar-refractivity contribution in [1.29, 1.82) is 10.5 Å². The third-order valence-electron chi connectivity index (χ3n) is 5.25. The lowest BCUT2D eigenvalue weighted by Gasteiger charge is -2.36. The number of hydrogen-bond acceptors (Lipinski definition) is 8. The molecule has 1 aliphatic rings. The molecule has 1 atom stereocenters. The highest BCUT2D eigenvalue weighted by Crippen LogP contribution is 2.44. The van der Waals surface area contributed by atoms with E-state index in [4.69, 9.17) is 15.2 Å². The molecule has 0 fully saturated rings. The third-order valence-corrected chi connectivity index (χ3v) is 5.25. The van der Waals surface area contributed by atoms with Crippen LogP contribution in [0.3, 0.4) is 0 Å².